The van der Waals surface area contributed by atoms with Crippen LogP contribution in [-0.4, -0.2) is 70.9 Å². The highest BCUT2D eigenvalue weighted by Gasteiger charge is 2.48. The van der Waals surface area contributed by atoms with E-state index in [1.807, 2.05) is 0 Å². The summed E-state index contributed by atoms with van der Waals surface area (Å²) in [6.45, 7) is -0.145. The second kappa shape index (κ2) is 6.48. The van der Waals surface area contributed by atoms with Crippen molar-refractivity contribution in [1.82, 2.24) is 0 Å². The molecule has 1 aliphatic rings. The van der Waals surface area contributed by atoms with Crippen molar-refractivity contribution in [2.45, 2.75) is 30.7 Å². The first-order valence-electron chi connectivity index (χ1n) is 5.11. The molecule has 0 aromatic heterocycles. The van der Waals surface area contributed by atoms with Gasteiger partial charge >= 0.3 is 0 Å². The van der Waals surface area contributed by atoms with E-state index in [0.717, 1.165) is 0 Å². The predicted octanol–water partition coefficient (Wildman–Crippen LogP) is -0.605. The van der Waals surface area contributed by atoms with Crippen molar-refractivity contribution in [3.05, 3.63) is 0 Å². The Labute approximate surface area is 95.4 Å². The van der Waals surface area contributed by atoms with Gasteiger partial charge in [0, 0.05) is 28.4 Å². The minimum Gasteiger partial charge on any atom is -0.394 e. The number of hydrogen-bond donors (Lipinski definition) is 1. The van der Waals surface area contributed by atoms with Crippen molar-refractivity contribution in [2.75, 3.05) is 35.0 Å². The van der Waals surface area contributed by atoms with Crippen molar-refractivity contribution in [3.8, 4) is 0 Å². The Kier molecular flexibility index (Phi) is 5.60. The van der Waals surface area contributed by atoms with Crippen LogP contribution in [0.25, 0.3) is 0 Å². The van der Waals surface area contributed by atoms with Gasteiger partial charge in [-0.3, -0.25) is 0 Å². The number of aliphatic hydroxyl groups is 1. The lowest BCUT2D eigenvalue weighted by Gasteiger charge is -2.25. The van der Waals surface area contributed by atoms with Crippen LogP contribution >= 0.6 is 0 Å². The maximum Gasteiger partial charge on any atom is 0.186 e. The van der Waals surface area contributed by atoms with Gasteiger partial charge in [-0.1, -0.05) is 0 Å². The van der Waals surface area contributed by atoms with Crippen LogP contribution in [-0.2, 0) is 23.7 Å². The van der Waals surface area contributed by atoms with Gasteiger partial charge in [0.15, 0.2) is 6.29 Å². The molecule has 6 nitrogen and oxygen atoms in total. The summed E-state index contributed by atoms with van der Waals surface area (Å²) >= 11 is 0. The first-order chi connectivity index (χ1) is 7.73. The van der Waals surface area contributed by atoms with Gasteiger partial charge in [0.25, 0.3) is 0 Å². The van der Waals surface area contributed by atoms with Gasteiger partial charge in [-0.15, -0.1) is 0 Å². The van der Waals surface area contributed by atoms with Gasteiger partial charge < -0.3 is 28.8 Å². The van der Waals surface area contributed by atoms with Crippen LogP contribution in [0.5, 0.6) is 0 Å². The normalized spacial score (nSPS) is 36.6. The van der Waals surface area contributed by atoms with Crippen molar-refractivity contribution in [3.63, 3.8) is 0 Å². The summed E-state index contributed by atoms with van der Waals surface area (Å²) in [5, 5.41) is 9.18. The van der Waals surface area contributed by atoms with Crippen LogP contribution in [0.4, 0.5) is 0 Å². The first kappa shape index (κ1) is 13.8. The molecule has 0 unspecified atom stereocenters. The van der Waals surface area contributed by atoms with Crippen LogP contribution < -0.4 is 0 Å². The van der Waals surface area contributed by atoms with Gasteiger partial charge in [-0.25, -0.2) is 0 Å². The molecule has 0 amide bonds. The molecule has 1 N–H and O–H groups in total. The summed E-state index contributed by atoms with van der Waals surface area (Å²) in [5.41, 5.74) is 0. The van der Waals surface area contributed by atoms with Crippen molar-refractivity contribution in [1.29, 1.82) is 0 Å². The fourth-order valence-corrected chi connectivity index (χ4v) is 1.97. The molecule has 16 heavy (non-hydrogen) atoms. The summed E-state index contributed by atoms with van der Waals surface area (Å²) in [6, 6.07) is 0. The minimum atomic E-state index is -0.510. The summed E-state index contributed by atoms with van der Waals surface area (Å²) in [6.07, 6.45) is -2.03. The van der Waals surface area contributed by atoms with Crippen LogP contribution in [0.15, 0.2) is 0 Å². The quantitative estimate of drug-likeness (QED) is 0.664. The van der Waals surface area contributed by atoms with Gasteiger partial charge in [-0.05, 0) is 0 Å². The van der Waals surface area contributed by atoms with Crippen LogP contribution in [0.3, 0.4) is 0 Å². The van der Waals surface area contributed by atoms with Crippen LogP contribution in [0.1, 0.15) is 0 Å². The molecule has 0 bridgehead atoms. The zero-order valence-corrected chi connectivity index (χ0v) is 10.1. The lowest BCUT2D eigenvalue weighted by Crippen LogP contribution is -2.43. The Morgan fingerprint density at radius 3 is 2.06 bits per heavy atom. The zero-order valence-electron chi connectivity index (χ0n) is 10.1. The van der Waals surface area contributed by atoms with Gasteiger partial charge in [0.2, 0.25) is 0 Å². The lowest BCUT2D eigenvalue weighted by atomic mass is 10.1. The third kappa shape index (κ3) is 2.53. The Morgan fingerprint density at radius 1 is 1.06 bits per heavy atom. The summed E-state index contributed by atoms with van der Waals surface area (Å²) in [7, 11) is 6.18. The SMILES string of the molecule is CO[C@H]1O[C@H]([C@@H](CO)OC)[C@H](OC)[C@H]1OC. The molecular weight excluding hydrogens is 216 g/mol. The highest BCUT2D eigenvalue weighted by Crippen LogP contribution is 2.29. The van der Waals surface area contributed by atoms with Crippen LogP contribution in [0.2, 0.25) is 0 Å². The molecule has 1 heterocycles. The van der Waals surface area contributed by atoms with E-state index in [1.54, 1.807) is 14.2 Å². The maximum atomic E-state index is 9.18. The average Bonchev–Trinajstić information content (AvgIpc) is 2.68. The topological polar surface area (TPSA) is 66.4 Å². The molecule has 1 aliphatic heterocycles. The maximum absolute atomic E-state index is 9.18. The molecule has 5 atom stereocenters. The van der Waals surface area contributed by atoms with Gasteiger partial charge in [-0.2, -0.15) is 0 Å². The van der Waals surface area contributed by atoms with E-state index in [9.17, 15) is 5.11 Å². The minimum absolute atomic E-state index is 0.145. The first-order valence-corrected chi connectivity index (χ1v) is 5.11. The number of rotatable bonds is 6. The number of ether oxygens (including phenoxy) is 5. The molecule has 1 fully saturated rings. The third-order valence-corrected chi connectivity index (χ3v) is 2.83. The molecule has 0 aromatic rings. The van der Waals surface area contributed by atoms with Gasteiger partial charge in [0.05, 0.1) is 6.61 Å². The highest BCUT2D eigenvalue weighted by atomic mass is 16.7. The average molecular weight is 236 g/mol. The predicted molar refractivity (Wildman–Crippen MR) is 55.1 cm³/mol. The van der Waals surface area contributed by atoms with E-state index in [-0.39, 0.29) is 18.8 Å². The molecule has 96 valence electrons. The summed E-state index contributed by atoms with van der Waals surface area (Å²) in [5.74, 6) is 0. The second-order valence-corrected chi connectivity index (χ2v) is 3.56. The smallest absolute Gasteiger partial charge is 0.186 e. The molecule has 1 saturated heterocycles. The molecular formula is C10H20O6. The van der Waals surface area contributed by atoms with Crippen molar-refractivity contribution < 1.29 is 28.8 Å². The van der Waals surface area contributed by atoms with Crippen LogP contribution in [0, 0.1) is 0 Å². The standard InChI is InChI=1S/C10H20O6/c1-12-6(5-11)7-8(13-2)9(14-3)10(15-4)16-7/h6-11H,5H2,1-4H3/t6-,7-,8+,9-,10+/m1/s1. The van der Waals surface area contributed by atoms with Crippen molar-refractivity contribution >= 4 is 0 Å². The zero-order chi connectivity index (χ0) is 12.1. The van der Waals surface area contributed by atoms with E-state index in [0.29, 0.717) is 0 Å². The monoisotopic (exact) mass is 236 g/mol. The fourth-order valence-electron chi connectivity index (χ4n) is 1.97. The lowest BCUT2D eigenvalue weighted by molar-refractivity contribution is -0.174. The van der Waals surface area contributed by atoms with Gasteiger partial charge in [0.1, 0.15) is 24.4 Å². The molecule has 6 heteroatoms. The third-order valence-electron chi connectivity index (χ3n) is 2.83. The number of aliphatic hydroxyl groups excluding tert-OH is 1. The van der Waals surface area contributed by atoms with E-state index in [1.165, 1.54) is 14.2 Å². The number of hydrogen-bond acceptors (Lipinski definition) is 6. The molecule has 0 radical (unpaired) electrons. The van der Waals surface area contributed by atoms with E-state index in [4.69, 9.17) is 23.7 Å². The molecule has 0 saturated carbocycles. The molecule has 0 spiro atoms. The Bertz CT molecular complexity index is 193. The van der Waals surface area contributed by atoms with E-state index < -0.39 is 18.5 Å². The van der Waals surface area contributed by atoms with E-state index >= 15 is 0 Å². The summed E-state index contributed by atoms with van der Waals surface area (Å²) in [4.78, 5) is 0. The highest BCUT2D eigenvalue weighted by molar-refractivity contribution is 4.93. The molecule has 0 aromatic carbocycles. The molecule has 0 aliphatic carbocycles. The van der Waals surface area contributed by atoms with E-state index in [2.05, 4.69) is 0 Å². The Hall–Kier alpha value is -0.240. The molecule has 1 rings (SSSR count). The Balaban J connectivity index is 2.77. The second-order valence-electron chi connectivity index (χ2n) is 3.56. The largest absolute Gasteiger partial charge is 0.394 e. The Morgan fingerprint density at radius 2 is 1.69 bits per heavy atom. The number of methoxy groups -OCH3 is 4. The fraction of sp³-hybridized carbons (Fsp3) is 1.00. The van der Waals surface area contributed by atoms with Crippen molar-refractivity contribution in [2.24, 2.45) is 0 Å². The summed E-state index contributed by atoms with van der Waals surface area (Å²) < 4.78 is 26.5.